The van der Waals surface area contributed by atoms with E-state index in [4.69, 9.17) is 0 Å². The third-order valence-corrected chi connectivity index (χ3v) is 3.59. The second-order valence-electron chi connectivity index (χ2n) is 5.37. The lowest BCUT2D eigenvalue weighted by molar-refractivity contribution is -0.149. The molecule has 0 unspecified atom stereocenters. The van der Waals surface area contributed by atoms with Crippen LogP contribution in [0.1, 0.15) is 52.4 Å². The number of halogens is 3. The average Bonchev–Trinajstić information content (AvgIpc) is 2.98. The van der Waals surface area contributed by atoms with Gasteiger partial charge in [-0.2, -0.15) is 13.2 Å². The van der Waals surface area contributed by atoms with E-state index in [0.29, 0.717) is 25.9 Å². The summed E-state index contributed by atoms with van der Waals surface area (Å²) in [5, 5.41) is 0. The molecular weight excluding hydrogens is 295 g/mol. The van der Waals surface area contributed by atoms with E-state index in [-0.39, 0.29) is 17.9 Å². The molecule has 0 aromatic carbocycles. The molecule has 0 radical (unpaired) electrons. The zero-order valence-corrected chi connectivity index (χ0v) is 13.5. The largest absolute Gasteiger partial charge is 0.449 e. The van der Waals surface area contributed by atoms with Crippen molar-refractivity contribution in [3.05, 3.63) is 18.2 Å². The van der Waals surface area contributed by atoms with Crippen LogP contribution in [0, 0.1) is 5.92 Å². The van der Waals surface area contributed by atoms with Crippen molar-refractivity contribution in [3.8, 4) is 0 Å². The summed E-state index contributed by atoms with van der Waals surface area (Å²) in [5.41, 5.74) is 0. The molecule has 0 saturated carbocycles. The highest BCUT2D eigenvalue weighted by atomic mass is 19.4. The highest BCUT2D eigenvalue weighted by molar-refractivity contribution is 5.78. The smallest absolute Gasteiger partial charge is 0.342 e. The Bertz CT molecular complexity index is 475. The van der Waals surface area contributed by atoms with Crippen LogP contribution in [-0.2, 0) is 11.0 Å². The second-order valence-corrected chi connectivity index (χ2v) is 5.37. The molecule has 0 spiro atoms. The Kier molecular flexibility index (Phi) is 6.44. The van der Waals surface area contributed by atoms with Gasteiger partial charge in [0.15, 0.2) is 0 Å². The van der Waals surface area contributed by atoms with Crippen LogP contribution >= 0.6 is 0 Å². The van der Waals surface area contributed by atoms with E-state index in [2.05, 4.69) is 4.98 Å². The van der Waals surface area contributed by atoms with Crippen molar-refractivity contribution >= 4 is 5.91 Å². The van der Waals surface area contributed by atoms with Gasteiger partial charge in [0.25, 0.3) is 0 Å². The van der Waals surface area contributed by atoms with Gasteiger partial charge in [-0.05, 0) is 12.8 Å². The molecule has 2 heterocycles. The third-order valence-electron chi connectivity index (χ3n) is 3.59. The summed E-state index contributed by atoms with van der Waals surface area (Å²) < 4.78 is 39.6. The van der Waals surface area contributed by atoms with Gasteiger partial charge in [0.1, 0.15) is 0 Å². The van der Waals surface area contributed by atoms with E-state index >= 15 is 0 Å². The Morgan fingerprint density at radius 3 is 2.27 bits per heavy atom. The lowest BCUT2D eigenvalue weighted by Gasteiger charge is -2.34. The fourth-order valence-electron chi connectivity index (χ4n) is 2.56. The maximum Gasteiger partial charge on any atom is 0.449 e. The number of aromatic nitrogens is 2. The molecule has 4 nitrogen and oxygen atoms in total. The highest BCUT2D eigenvalue weighted by Gasteiger charge is 2.38. The first-order valence-electron chi connectivity index (χ1n) is 7.69. The first kappa shape index (κ1) is 18.5. The highest BCUT2D eigenvalue weighted by Crippen LogP contribution is 2.32. The fourth-order valence-corrected chi connectivity index (χ4v) is 2.56. The molecule has 1 aliphatic heterocycles. The Hall–Kier alpha value is -1.53. The summed E-state index contributed by atoms with van der Waals surface area (Å²) >= 11 is 0. The summed E-state index contributed by atoms with van der Waals surface area (Å²) in [4.78, 5) is 17.0. The summed E-state index contributed by atoms with van der Waals surface area (Å²) in [6.07, 6.45) is -0.841. The van der Waals surface area contributed by atoms with Gasteiger partial charge in [0, 0.05) is 37.4 Å². The van der Waals surface area contributed by atoms with Gasteiger partial charge < -0.3 is 9.47 Å². The third kappa shape index (κ3) is 4.24. The number of amides is 1. The van der Waals surface area contributed by atoms with Crippen molar-refractivity contribution in [2.45, 2.75) is 52.8 Å². The number of imidazole rings is 1. The standard InChI is InChI=1S/C13H18F3N3O.C2H6/c1-9(2)11(20)18-6-3-10(4-7-18)19-8-5-17-12(19)13(14,15)16;1-2/h5,8-10H,3-4,6-7H2,1-2H3;1-2H3. The van der Waals surface area contributed by atoms with E-state index < -0.39 is 12.0 Å². The Morgan fingerprint density at radius 1 is 1.27 bits per heavy atom. The molecule has 2 rings (SSSR count). The van der Waals surface area contributed by atoms with Gasteiger partial charge in [-0.3, -0.25) is 4.79 Å². The number of hydrogen-bond acceptors (Lipinski definition) is 2. The van der Waals surface area contributed by atoms with Crippen molar-refractivity contribution in [1.82, 2.24) is 14.5 Å². The first-order chi connectivity index (χ1) is 10.3. The van der Waals surface area contributed by atoms with Crippen LogP contribution in [-0.4, -0.2) is 33.4 Å². The second kappa shape index (κ2) is 7.65. The molecule has 0 bridgehead atoms. The van der Waals surface area contributed by atoms with E-state index in [0.717, 1.165) is 0 Å². The van der Waals surface area contributed by atoms with Crippen molar-refractivity contribution in [2.75, 3.05) is 13.1 Å². The van der Waals surface area contributed by atoms with Crippen molar-refractivity contribution in [3.63, 3.8) is 0 Å². The van der Waals surface area contributed by atoms with Crippen molar-refractivity contribution in [2.24, 2.45) is 5.92 Å². The number of nitrogens with zero attached hydrogens (tertiary/aromatic N) is 3. The molecule has 126 valence electrons. The molecule has 1 aromatic heterocycles. The normalized spacial score (nSPS) is 16.5. The van der Waals surface area contributed by atoms with Crippen molar-refractivity contribution in [1.29, 1.82) is 0 Å². The minimum atomic E-state index is -4.44. The van der Waals surface area contributed by atoms with Crippen molar-refractivity contribution < 1.29 is 18.0 Å². The molecule has 1 aliphatic rings. The first-order valence-corrected chi connectivity index (χ1v) is 7.69. The predicted octanol–water partition coefficient (Wildman–Crippen LogP) is 3.75. The Morgan fingerprint density at radius 2 is 1.82 bits per heavy atom. The van der Waals surface area contributed by atoms with Crippen LogP contribution < -0.4 is 0 Å². The Labute approximate surface area is 129 Å². The molecule has 0 atom stereocenters. The predicted molar refractivity (Wildman–Crippen MR) is 78.3 cm³/mol. The van der Waals surface area contributed by atoms with E-state index in [1.165, 1.54) is 17.0 Å². The molecule has 0 N–H and O–H groups in total. The number of carbonyl (C=O) groups is 1. The van der Waals surface area contributed by atoms with Gasteiger partial charge in [-0.15, -0.1) is 0 Å². The van der Waals surface area contributed by atoms with Gasteiger partial charge in [-0.25, -0.2) is 4.98 Å². The van der Waals surface area contributed by atoms with E-state index in [1.807, 2.05) is 27.7 Å². The quantitative estimate of drug-likeness (QED) is 0.833. The lowest BCUT2D eigenvalue weighted by Crippen LogP contribution is -2.41. The summed E-state index contributed by atoms with van der Waals surface area (Å²) in [6.45, 7) is 8.65. The number of likely N-dealkylation sites (tertiary alicyclic amines) is 1. The summed E-state index contributed by atoms with van der Waals surface area (Å²) in [6, 6.07) is -0.245. The molecule has 7 heteroatoms. The minimum Gasteiger partial charge on any atom is -0.342 e. The maximum absolute atomic E-state index is 12.8. The fraction of sp³-hybridized carbons (Fsp3) is 0.733. The number of hydrogen-bond donors (Lipinski definition) is 0. The number of piperidine rings is 1. The average molecular weight is 319 g/mol. The van der Waals surface area contributed by atoms with Crippen LogP contribution in [0.4, 0.5) is 13.2 Å². The van der Waals surface area contributed by atoms with Gasteiger partial charge >= 0.3 is 6.18 Å². The zero-order chi connectivity index (χ0) is 16.9. The van der Waals surface area contributed by atoms with Gasteiger partial charge in [0.05, 0.1) is 0 Å². The maximum atomic E-state index is 12.8. The van der Waals surface area contributed by atoms with Crippen LogP contribution in [0.15, 0.2) is 12.4 Å². The number of alkyl halides is 3. The molecular formula is C15H24F3N3O. The monoisotopic (exact) mass is 319 g/mol. The van der Waals surface area contributed by atoms with Crippen LogP contribution in [0.25, 0.3) is 0 Å². The number of rotatable bonds is 2. The molecule has 22 heavy (non-hydrogen) atoms. The van der Waals surface area contributed by atoms with Gasteiger partial charge in [-0.1, -0.05) is 27.7 Å². The lowest BCUT2D eigenvalue weighted by atomic mass is 10.0. The molecule has 1 fully saturated rings. The van der Waals surface area contributed by atoms with Crippen LogP contribution in [0.5, 0.6) is 0 Å². The van der Waals surface area contributed by atoms with Gasteiger partial charge in [0.2, 0.25) is 11.7 Å². The van der Waals surface area contributed by atoms with E-state index in [1.54, 1.807) is 4.90 Å². The van der Waals surface area contributed by atoms with Crippen LogP contribution in [0.2, 0.25) is 0 Å². The molecule has 1 aromatic rings. The summed E-state index contributed by atoms with van der Waals surface area (Å²) in [5.74, 6) is -0.873. The molecule has 1 saturated heterocycles. The number of carbonyl (C=O) groups excluding carboxylic acids is 1. The summed E-state index contributed by atoms with van der Waals surface area (Å²) in [7, 11) is 0. The SMILES string of the molecule is CC.CC(C)C(=O)N1CCC(n2ccnc2C(F)(F)F)CC1. The molecule has 1 amide bonds. The van der Waals surface area contributed by atoms with Crippen LogP contribution in [0.3, 0.4) is 0 Å². The molecule has 0 aliphatic carbocycles. The topological polar surface area (TPSA) is 38.1 Å². The minimum absolute atomic E-state index is 0.0603. The Balaban J connectivity index is 0.00000116. The van der Waals surface area contributed by atoms with E-state index in [9.17, 15) is 18.0 Å². The zero-order valence-electron chi connectivity index (χ0n) is 13.5.